The summed E-state index contributed by atoms with van der Waals surface area (Å²) >= 11 is 0. The fourth-order valence-corrected chi connectivity index (χ4v) is 3.96. The van der Waals surface area contributed by atoms with Crippen LogP contribution in [0.1, 0.15) is 64.1 Å². The Hall–Kier alpha value is -1.40. The molecular formula is C19H33N3O3. The standard InChI is InChI=1S/C19H33N3O3/c1-8-16(17-14(6)21-25-15(17)7)20-19(23)18(11(2)3)22-9-12(4)24-13(5)10-22/h11-13,16,18H,8-10H2,1-7H3,(H,20,23)/t12-,13-,16-,18-/m0/s1. The van der Waals surface area contributed by atoms with Gasteiger partial charge >= 0.3 is 0 Å². The van der Waals surface area contributed by atoms with Gasteiger partial charge in [0.25, 0.3) is 0 Å². The van der Waals surface area contributed by atoms with Crippen LogP contribution in [0.2, 0.25) is 0 Å². The summed E-state index contributed by atoms with van der Waals surface area (Å²) < 4.78 is 11.1. The molecule has 1 aromatic rings. The molecule has 25 heavy (non-hydrogen) atoms. The highest BCUT2D eigenvalue weighted by atomic mass is 16.5. The number of ether oxygens (including phenoxy) is 1. The minimum Gasteiger partial charge on any atom is -0.373 e. The molecule has 0 bridgehead atoms. The van der Waals surface area contributed by atoms with Crippen molar-refractivity contribution in [2.24, 2.45) is 5.92 Å². The topological polar surface area (TPSA) is 67.6 Å². The van der Waals surface area contributed by atoms with Gasteiger partial charge in [-0.15, -0.1) is 0 Å². The molecule has 0 aromatic carbocycles. The second-order valence-corrected chi connectivity index (χ2v) is 7.61. The first kappa shape index (κ1) is 19.9. The summed E-state index contributed by atoms with van der Waals surface area (Å²) in [6, 6.07) is -0.237. The summed E-state index contributed by atoms with van der Waals surface area (Å²) in [5.41, 5.74) is 1.85. The minimum absolute atomic E-state index is 0.0724. The van der Waals surface area contributed by atoms with Crippen molar-refractivity contribution in [3.63, 3.8) is 0 Å². The lowest BCUT2D eigenvalue weighted by Gasteiger charge is -2.41. The summed E-state index contributed by atoms with van der Waals surface area (Å²) in [4.78, 5) is 15.4. The maximum atomic E-state index is 13.1. The van der Waals surface area contributed by atoms with E-state index in [0.29, 0.717) is 0 Å². The predicted octanol–water partition coefficient (Wildman–Crippen LogP) is 2.99. The second-order valence-electron chi connectivity index (χ2n) is 7.61. The van der Waals surface area contributed by atoms with E-state index in [1.165, 1.54) is 0 Å². The van der Waals surface area contributed by atoms with E-state index in [1.807, 2.05) is 13.8 Å². The Morgan fingerprint density at radius 3 is 2.32 bits per heavy atom. The van der Waals surface area contributed by atoms with E-state index in [9.17, 15) is 4.79 Å². The Morgan fingerprint density at radius 1 is 1.28 bits per heavy atom. The normalized spacial score (nSPS) is 24.3. The Kier molecular flexibility index (Phi) is 6.63. The van der Waals surface area contributed by atoms with Crippen molar-refractivity contribution < 1.29 is 14.1 Å². The van der Waals surface area contributed by atoms with Gasteiger partial charge < -0.3 is 14.6 Å². The van der Waals surface area contributed by atoms with Crippen LogP contribution in [0, 0.1) is 19.8 Å². The Morgan fingerprint density at radius 2 is 1.88 bits per heavy atom. The van der Waals surface area contributed by atoms with Crippen molar-refractivity contribution in [3.8, 4) is 0 Å². The molecule has 0 unspecified atom stereocenters. The van der Waals surface area contributed by atoms with Gasteiger partial charge in [-0.3, -0.25) is 9.69 Å². The molecule has 2 heterocycles. The van der Waals surface area contributed by atoms with Crippen molar-refractivity contribution in [2.75, 3.05) is 13.1 Å². The number of rotatable bonds is 6. The molecule has 1 aliphatic rings. The number of nitrogens with zero attached hydrogens (tertiary/aromatic N) is 2. The van der Waals surface area contributed by atoms with Crippen LogP contribution in [0.3, 0.4) is 0 Å². The van der Waals surface area contributed by atoms with Crippen molar-refractivity contribution in [2.45, 2.75) is 79.2 Å². The van der Waals surface area contributed by atoms with Gasteiger partial charge in [0.1, 0.15) is 5.76 Å². The number of morpholine rings is 1. The first-order chi connectivity index (χ1) is 11.7. The van der Waals surface area contributed by atoms with E-state index in [-0.39, 0.29) is 36.1 Å². The van der Waals surface area contributed by atoms with E-state index in [2.05, 4.69) is 50.0 Å². The van der Waals surface area contributed by atoms with Gasteiger partial charge in [0.2, 0.25) is 5.91 Å². The second kappa shape index (κ2) is 8.32. The first-order valence-electron chi connectivity index (χ1n) is 9.37. The lowest BCUT2D eigenvalue weighted by molar-refractivity contribution is -0.136. The smallest absolute Gasteiger partial charge is 0.238 e. The maximum absolute atomic E-state index is 13.1. The molecule has 1 N–H and O–H groups in total. The molecule has 1 saturated heterocycles. The highest BCUT2D eigenvalue weighted by molar-refractivity contribution is 5.82. The van der Waals surface area contributed by atoms with Crippen LogP contribution < -0.4 is 5.32 Å². The summed E-state index contributed by atoms with van der Waals surface area (Å²) in [6.07, 6.45) is 1.08. The van der Waals surface area contributed by atoms with Crippen molar-refractivity contribution in [1.82, 2.24) is 15.4 Å². The quantitative estimate of drug-likeness (QED) is 0.853. The summed E-state index contributed by atoms with van der Waals surface area (Å²) in [5, 5.41) is 7.27. The summed E-state index contributed by atoms with van der Waals surface area (Å²) in [7, 11) is 0. The van der Waals surface area contributed by atoms with Gasteiger partial charge in [-0.1, -0.05) is 25.9 Å². The van der Waals surface area contributed by atoms with E-state index >= 15 is 0 Å². The van der Waals surface area contributed by atoms with Crippen LogP contribution in [-0.2, 0) is 9.53 Å². The molecule has 2 rings (SSSR count). The average Bonchev–Trinajstić information content (AvgIpc) is 2.83. The molecule has 1 aliphatic heterocycles. The molecule has 1 aromatic heterocycles. The van der Waals surface area contributed by atoms with Crippen LogP contribution in [0.5, 0.6) is 0 Å². The van der Waals surface area contributed by atoms with Gasteiger partial charge in [-0.25, -0.2) is 0 Å². The maximum Gasteiger partial charge on any atom is 0.238 e. The lowest BCUT2D eigenvalue weighted by Crippen LogP contribution is -2.57. The van der Waals surface area contributed by atoms with Gasteiger partial charge in [0.05, 0.1) is 30.0 Å². The van der Waals surface area contributed by atoms with Gasteiger partial charge in [0.15, 0.2) is 0 Å². The summed E-state index contributed by atoms with van der Waals surface area (Å²) in [6.45, 7) is 15.8. The monoisotopic (exact) mass is 351 g/mol. The molecule has 1 fully saturated rings. The number of carbonyl (C=O) groups excluding carboxylic acids is 1. The van der Waals surface area contributed by atoms with Crippen LogP contribution in [0.4, 0.5) is 0 Å². The Labute approximate surface area is 151 Å². The molecule has 1 amide bonds. The molecule has 6 heteroatoms. The highest BCUT2D eigenvalue weighted by Crippen LogP contribution is 2.25. The number of nitrogens with one attached hydrogen (secondary N) is 1. The first-order valence-corrected chi connectivity index (χ1v) is 9.37. The van der Waals surface area contributed by atoms with E-state index in [4.69, 9.17) is 9.26 Å². The molecule has 6 nitrogen and oxygen atoms in total. The molecule has 0 saturated carbocycles. The van der Waals surface area contributed by atoms with E-state index < -0.39 is 0 Å². The Balaban J connectivity index is 2.17. The van der Waals surface area contributed by atoms with Crippen LogP contribution in [0.15, 0.2) is 4.52 Å². The van der Waals surface area contributed by atoms with Crippen LogP contribution in [-0.4, -0.2) is 47.3 Å². The lowest BCUT2D eigenvalue weighted by atomic mass is 9.97. The fourth-order valence-electron chi connectivity index (χ4n) is 3.96. The summed E-state index contributed by atoms with van der Waals surface area (Å²) in [5.74, 6) is 1.07. The van der Waals surface area contributed by atoms with Crippen molar-refractivity contribution >= 4 is 5.91 Å². The number of aromatic nitrogens is 1. The zero-order chi connectivity index (χ0) is 18.7. The number of amides is 1. The minimum atomic E-state index is -0.164. The van der Waals surface area contributed by atoms with Gasteiger partial charge in [-0.05, 0) is 40.0 Å². The van der Waals surface area contributed by atoms with Gasteiger partial charge in [-0.2, -0.15) is 0 Å². The third kappa shape index (κ3) is 4.61. The third-order valence-corrected chi connectivity index (χ3v) is 4.90. The van der Waals surface area contributed by atoms with Crippen LogP contribution in [0.25, 0.3) is 0 Å². The molecule has 142 valence electrons. The zero-order valence-corrected chi connectivity index (χ0v) is 16.6. The number of carbonyl (C=O) groups is 1. The zero-order valence-electron chi connectivity index (χ0n) is 16.6. The SMILES string of the molecule is CC[C@H](NC(=O)[C@H](C(C)C)N1C[C@H](C)O[C@@H](C)C1)c1c(C)noc1C. The van der Waals surface area contributed by atoms with Crippen molar-refractivity contribution in [1.29, 1.82) is 0 Å². The van der Waals surface area contributed by atoms with E-state index in [0.717, 1.165) is 36.5 Å². The molecule has 0 radical (unpaired) electrons. The number of hydrogen-bond donors (Lipinski definition) is 1. The molecule has 4 atom stereocenters. The predicted molar refractivity (Wildman–Crippen MR) is 97.4 cm³/mol. The molecule has 0 spiro atoms. The highest BCUT2D eigenvalue weighted by Gasteiger charge is 2.35. The fraction of sp³-hybridized carbons (Fsp3) is 0.789. The van der Waals surface area contributed by atoms with Crippen molar-refractivity contribution in [3.05, 3.63) is 17.0 Å². The third-order valence-electron chi connectivity index (χ3n) is 4.90. The average molecular weight is 351 g/mol. The van der Waals surface area contributed by atoms with E-state index in [1.54, 1.807) is 0 Å². The largest absolute Gasteiger partial charge is 0.373 e. The number of hydrogen-bond acceptors (Lipinski definition) is 5. The molecular weight excluding hydrogens is 318 g/mol. The number of aryl methyl sites for hydroxylation is 2. The van der Waals surface area contributed by atoms with Gasteiger partial charge in [0, 0.05) is 18.7 Å². The Bertz CT molecular complexity index is 555. The molecule has 0 aliphatic carbocycles. The van der Waals surface area contributed by atoms with Crippen LogP contribution >= 0.6 is 0 Å².